The Balaban J connectivity index is 2.16. The van der Waals surface area contributed by atoms with Gasteiger partial charge in [-0.05, 0) is 24.6 Å². The van der Waals surface area contributed by atoms with Gasteiger partial charge in [0.1, 0.15) is 5.75 Å². The fourth-order valence-electron chi connectivity index (χ4n) is 2.36. The van der Waals surface area contributed by atoms with Crippen molar-refractivity contribution in [3.8, 4) is 5.75 Å². The number of benzene rings is 2. The molecule has 0 amide bonds. The molecular weight excluding hydrogens is 307 g/mol. The molecule has 0 saturated carbocycles. The number of fused-ring (bicyclic) bond motifs is 1. The van der Waals surface area contributed by atoms with E-state index in [1.807, 2.05) is 31.2 Å². The summed E-state index contributed by atoms with van der Waals surface area (Å²) in [6.07, 6.45) is 0.208. The van der Waals surface area contributed by atoms with Crippen LogP contribution in [0.15, 0.2) is 48.0 Å². The van der Waals surface area contributed by atoms with Crippen LogP contribution in [-0.2, 0) is 4.79 Å². The van der Waals surface area contributed by atoms with Gasteiger partial charge in [-0.25, -0.2) is 0 Å². The monoisotopic (exact) mass is 318 g/mol. The molecule has 1 unspecified atom stereocenters. The molecule has 0 aromatic heterocycles. The number of aryl methyl sites for hydroxylation is 1. The van der Waals surface area contributed by atoms with Crippen LogP contribution < -0.4 is 4.74 Å². The average Bonchev–Trinajstić information content (AvgIpc) is 2.49. The summed E-state index contributed by atoms with van der Waals surface area (Å²) < 4.78 is 5.96. The number of hydrogen-bond donors (Lipinski definition) is 0. The van der Waals surface area contributed by atoms with Gasteiger partial charge < -0.3 is 4.74 Å². The maximum Gasteiger partial charge on any atom is 0.154 e. The second-order valence-electron chi connectivity index (χ2n) is 4.91. The van der Waals surface area contributed by atoms with Gasteiger partial charge in [-0.3, -0.25) is 4.79 Å². The third kappa shape index (κ3) is 2.45. The molecule has 1 aliphatic heterocycles. The molecule has 0 spiro atoms. The first kappa shape index (κ1) is 14.2. The smallest absolute Gasteiger partial charge is 0.154 e. The van der Waals surface area contributed by atoms with E-state index in [4.69, 9.17) is 27.9 Å². The van der Waals surface area contributed by atoms with Crippen LogP contribution in [0.2, 0.25) is 5.02 Å². The van der Waals surface area contributed by atoms with Gasteiger partial charge in [0.15, 0.2) is 12.4 Å². The third-order valence-electron chi connectivity index (χ3n) is 3.48. The van der Waals surface area contributed by atoms with E-state index in [1.165, 1.54) is 0 Å². The highest BCUT2D eigenvalue weighted by Gasteiger charge is 2.30. The Labute approximate surface area is 132 Å². The molecule has 1 heterocycles. The van der Waals surface area contributed by atoms with Crippen molar-refractivity contribution in [2.45, 2.75) is 13.0 Å². The molecule has 0 bridgehead atoms. The Morgan fingerprint density at radius 3 is 2.48 bits per heavy atom. The van der Waals surface area contributed by atoms with E-state index < -0.39 is 6.10 Å². The van der Waals surface area contributed by atoms with Gasteiger partial charge in [0, 0.05) is 5.56 Å². The normalized spacial score (nSPS) is 17.2. The molecule has 1 atom stereocenters. The molecule has 0 radical (unpaired) electrons. The van der Waals surface area contributed by atoms with E-state index in [-0.39, 0.29) is 0 Å². The predicted molar refractivity (Wildman–Crippen MR) is 84.8 cm³/mol. The zero-order chi connectivity index (χ0) is 15.0. The van der Waals surface area contributed by atoms with Crippen molar-refractivity contribution in [3.05, 3.63) is 69.8 Å². The first-order valence-corrected chi connectivity index (χ1v) is 7.24. The minimum atomic E-state index is -0.539. The van der Waals surface area contributed by atoms with Crippen molar-refractivity contribution in [2.75, 3.05) is 0 Å². The third-order valence-corrected chi connectivity index (χ3v) is 4.20. The van der Waals surface area contributed by atoms with Crippen molar-refractivity contribution in [2.24, 2.45) is 0 Å². The maximum absolute atomic E-state index is 11.5. The van der Waals surface area contributed by atoms with E-state index in [0.29, 0.717) is 26.9 Å². The summed E-state index contributed by atoms with van der Waals surface area (Å²) in [5.41, 5.74) is 3.06. The van der Waals surface area contributed by atoms with Gasteiger partial charge in [0.05, 0.1) is 15.6 Å². The number of halogens is 2. The summed E-state index contributed by atoms with van der Waals surface area (Å²) >= 11 is 12.6. The fraction of sp³-hybridized carbons (Fsp3) is 0.118. The molecule has 21 heavy (non-hydrogen) atoms. The van der Waals surface area contributed by atoms with E-state index >= 15 is 0 Å². The summed E-state index contributed by atoms with van der Waals surface area (Å²) in [6, 6.07) is 13.1. The molecule has 0 fully saturated rings. The van der Waals surface area contributed by atoms with Crippen molar-refractivity contribution in [1.29, 1.82) is 0 Å². The lowest BCUT2D eigenvalue weighted by molar-refractivity contribution is -0.105. The summed E-state index contributed by atoms with van der Waals surface area (Å²) in [5, 5.41) is 0.868. The van der Waals surface area contributed by atoms with Crippen molar-refractivity contribution in [1.82, 2.24) is 0 Å². The summed E-state index contributed by atoms with van der Waals surface area (Å²) in [5.74, 6) is 0.514. The Hall–Kier alpha value is -1.77. The summed E-state index contributed by atoms with van der Waals surface area (Å²) in [6.45, 7) is 2.00. The number of hydrogen-bond acceptors (Lipinski definition) is 2. The molecular formula is C17H12Cl2O2. The van der Waals surface area contributed by atoms with E-state index in [0.717, 1.165) is 17.4 Å². The molecule has 1 aliphatic rings. The van der Waals surface area contributed by atoms with Crippen molar-refractivity contribution in [3.63, 3.8) is 0 Å². The topological polar surface area (TPSA) is 26.3 Å². The predicted octanol–water partition coefficient (Wildman–Crippen LogP) is 4.93. The number of carbonyl (C=O) groups excluding carboxylic acids is 1. The highest BCUT2D eigenvalue weighted by atomic mass is 35.5. The number of para-hydroxylation sites is 1. The van der Waals surface area contributed by atoms with Crippen LogP contribution >= 0.6 is 23.2 Å². The lowest BCUT2D eigenvalue weighted by Crippen LogP contribution is -2.17. The average molecular weight is 319 g/mol. The van der Waals surface area contributed by atoms with Crippen molar-refractivity contribution >= 4 is 34.5 Å². The molecule has 106 valence electrons. The first-order chi connectivity index (χ1) is 10.1. The summed E-state index contributed by atoms with van der Waals surface area (Å²) in [7, 11) is 0. The Bertz CT molecular complexity index is 733. The Morgan fingerprint density at radius 2 is 1.81 bits per heavy atom. The van der Waals surface area contributed by atoms with Crippen LogP contribution in [0.3, 0.4) is 0 Å². The molecule has 2 nitrogen and oxygen atoms in total. The second kappa shape index (κ2) is 5.55. The molecule has 0 N–H and O–H groups in total. The largest absolute Gasteiger partial charge is 0.479 e. The number of carbonyl (C=O) groups is 1. The maximum atomic E-state index is 11.5. The van der Waals surface area contributed by atoms with Crippen LogP contribution in [0.1, 0.15) is 22.8 Å². The number of rotatable bonds is 2. The van der Waals surface area contributed by atoms with Gasteiger partial charge >= 0.3 is 0 Å². The molecule has 2 aromatic carbocycles. The Morgan fingerprint density at radius 1 is 1.10 bits per heavy atom. The van der Waals surface area contributed by atoms with E-state index in [9.17, 15) is 4.79 Å². The standard InChI is InChI=1S/C17H12Cl2O2/c1-10-5-7-11(8-6-10)16-13(9-20)15(19)12-3-2-4-14(18)17(12)21-16/h2-9,16H,1H3. The highest BCUT2D eigenvalue weighted by molar-refractivity contribution is 6.51. The second-order valence-corrected chi connectivity index (χ2v) is 5.70. The molecule has 0 saturated heterocycles. The van der Waals surface area contributed by atoms with E-state index in [1.54, 1.807) is 18.2 Å². The quantitative estimate of drug-likeness (QED) is 0.734. The van der Waals surface area contributed by atoms with Gasteiger partial charge in [-0.2, -0.15) is 0 Å². The van der Waals surface area contributed by atoms with Crippen LogP contribution in [0.5, 0.6) is 5.75 Å². The van der Waals surface area contributed by atoms with E-state index in [2.05, 4.69) is 0 Å². The minimum Gasteiger partial charge on any atom is -0.479 e. The van der Waals surface area contributed by atoms with Crippen molar-refractivity contribution < 1.29 is 9.53 Å². The minimum absolute atomic E-state index is 0.388. The van der Waals surface area contributed by atoms with Crippen LogP contribution in [-0.4, -0.2) is 6.29 Å². The molecule has 4 heteroatoms. The zero-order valence-corrected chi connectivity index (χ0v) is 12.8. The lowest BCUT2D eigenvalue weighted by atomic mass is 9.96. The molecule has 0 aliphatic carbocycles. The lowest BCUT2D eigenvalue weighted by Gasteiger charge is -2.27. The highest BCUT2D eigenvalue weighted by Crippen LogP contribution is 2.46. The Kier molecular flexibility index (Phi) is 3.75. The zero-order valence-electron chi connectivity index (χ0n) is 11.3. The van der Waals surface area contributed by atoms with Gasteiger partial charge in [-0.15, -0.1) is 0 Å². The summed E-state index contributed by atoms with van der Waals surface area (Å²) in [4.78, 5) is 11.5. The van der Waals surface area contributed by atoms with Gasteiger partial charge in [0.2, 0.25) is 0 Å². The fourth-order valence-corrected chi connectivity index (χ4v) is 2.87. The first-order valence-electron chi connectivity index (χ1n) is 6.48. The molecule has 3 rings (SSSR count). The van der Waals surface area contributed by atoms with Crippen LogP contribution in [0, 0.1) is 6.92 Å². The van der Waals surface area contributed by atoms with Gasteiger partial charge in [-0.1, -0.05) is 59.1 Å². The molecule has 2 aromatic rings. The number of aldehydes is 1. The number of ether oxygens (including phenoxy) is 1. The SMILES string of the molecule is Cc1ccc(C2Oc3c(Cl)cccc3C(Cl)=C2C=O)cc1. The van der Waals surface area contributed by atoms with Crippen LogP contribution in [0.25, 0.3) is 5.03 Å². The van der Waals surface area contributed by atoms with Crippen LogP contribution in [0.4, 0.5) is 0 Å². The van der Waals surface area contributed by atoms with Gasteiger partial charge in [0.25, 0.3) is 0 Å².